The topological polar surface area (TPSA) is 87.7 Å². The van der Waals surface area contributed by atoms with E-state index in [1.54, 1.807) is 18.2 Å². The molecule has 0 saturated heterocycles. The fourth-order valence-electron chi connectivity index (χ4n) is 6.40. The quantitative estimate of drug-likeness (QED) is 0.217. The number of hydrogen-bond donors (Lipinski definition) is 2. The molecular formula is C37H36ClN3O4. The molecule has 1 heterocycles. The number of aryl methyl sites for hydroxylation is 1. The Hall–Kier alpha value is -4.62. The number of amides is 3. The summed E-state index contributed by atoms with van der Waals surface area (Å²) < 4.78 is 5.99. The van der Waals surface area contributed by atoms with E-state index in [4.69, 9.17) is 16.3 Å². The van der Waals surface area contributed by atoms with Crippen LogP contribution in [-0.2, 0) is 27.3 Å². The molecule has 0 radical (unpaired) electrons. The molecule has 4 aromatic rings. The summed E-state index contributed by atoms with van der Waals surface area (Å²) in [6.07, 6.45) is 0.892. The third-order valence-electron chi connectivity index (χ3n) is 8.76. The van der Waals surface area contributed by atoms with Crippen LogP contribution < -0.4 is 10.6 Å². The number of rotatable bonds is 8. The second-order valence-electron chi connectivity index (χ2n) is 11.7. The van der Waals surface area contributed by atoms with E-state index in [1.807, 2.05) is 62.4 Å². The van der Waals surface area contributed by atoms with Crippen LogP contribution in [0.3, 0.4) is 0 Å². The van der Waals surface area contributed by atoms with Gasteiger partial charge in [-0.05, 0) is 70.5 Å². The van der Waals surface area contributed by atoms with Crippen LogP contribution in [0, 0.1) is 6.92 Å². The van der Waals surface area contributed by atoms with Gasteiger partial charge in [0.2, 0.25) is 11.8 Å². The zero-order valence-corrected chi connectivity index (χ0v) is 26.1. The zero-order chi connectivity index (χ0) is 31.5. The molecule has 0 aromatic heterocycles. The number of nitrogens with zero attached hydrogens (tertiary/aromatic N) is 1. The van der Waals surface area contributed by atoms with Crippen LogP contribution in [0.15, 0.2) is 91.0 Å². The van der Waals surface area contributed by atoms with Gasteiger partial charge in [0.25, 0.3) is 0 Å². The lowest BCUT2D eigenvalue weighted by Gasteiger charge is -2.36. The first kappa shape index (κ1) is 30.4. The average molecular weight is 622 g/mol. The maximum absolute atomic E-state index is 13.9. The van der Waals surface area contributed by atoms with Crippen LogP contribution in [0.5, 0.6) is 0 Å². The smallest absolute Gasteiger partial charge is 0.410 e. The van der Waals surface area contributed by atoms with Gasteiger partial charge >= 0.3 is 6.09 Å². The van der Waals surface area contributed by atoms with E-state index in [-0.39, 0.29) is 30.9 Å². The van der Waals surface area contributed by atoms with Crippen LogP contribution >= 0.6 is 11.6 Å². The van der Waals surface area contributed by atoms with Crippen molar-refractivity contribution in [2.24, 2.45) is 0 Å². The third-order valence-corrected chi connectivity index (χ3v) is 9.18. The second kappa shape index (κ2) is 13.2. The van der Waals surface area contributed by atoms with Gasteiger partial charge in [-0.1, -0.05) is 97.7 Å². The van der Waals surface area contributed by atoms with E-state index in [1.165, 1.54) is 4.90 Å². The number of halogens is 1. The first-order chi connectivity index (χ1) is 21.8. The molecule has 2 aliphatic rings. The Kier molecular flexibility index (Phi) is 8.90. The second-order valence-corrected chi connectivity index (χ2v) is 12.1. The van der Waals surface area contributed by atoms with Gasteiger partial charge in [-0.2, -0.15) is 0 Å². The molecule has 8 heteroatoms. The fraction of sp³-hybridized carbons (Fsp3) is 0.270. The molecule has 1 aliphatic heterocycles. The maximum Gasteiger partial charge on any atom is 0.410 e. The standard InChI is InChI=1S/C37H36ClN3O4/c1-3-10-33(35(42)39-26-17-18-32(38)23(2)19-26)40-36(43)34-20-24-11-4-5-12-25(24)21-41(34)37(44)45-22-31-29-15-8-6-13-27(29)28-14-7-9-16-30(28)31/h4-9,11-19,31,33-34H,3,10,20-22H2,1-2H3,(H,39,42)(H,40,43)/t33-,34-/m0/s1. The number of hydrogen-bond acceptors (Lipinski definition) is 4. The van der Waals surface area contributed by atoms with Gasteiger partial charge in [0.1, 0.15) is 18.7 Å². The molecule has 0 fully saturated rings. The van der Waals surface area contributed by atoms with Crippen LogP contribution in [0.1, 0.15) is 53.5 Å². The van der Waals surface area contributed by atoms with E-state index in [9.17, 15) is 14.4 Å². The number of carbonyl (C=O) groups excluding carboxylic acids is 3. The van der Waals surface area contributed by atoms with Gasteiger partial charge < -0.3 is 15.4 Å². The summed E-state index contributed by atoms with van der Waals surface area (Å²) in [5, 5.41) is 6.46. The summed E-state index contributed by atoms with van der Waals surface area (Å²) in [6.45, 7) is 4.21. The van der Waals surface area contributed by atoms with E-state index < -0.39 is 18.2 Å². The van der Waals surface area contributed by atoms with Crippen molar-refractivity contribution in [1.82, 2.24) is 10.2 Å². The molecule has 0 unspecified atom stereocenters. The van der Waals surface area contributed by atoms with E-state index in [2.05, 4.69) is 34.9 Å². The molecule has 230 valence electrons. The summed E-state index contributed by atoms with van der Waals surface area (Å²) in [7, 11) is 0. The summed E-state index contributed by atoms with van der Waals surface area (Å²) in [5.41, 5.74) is 7.93. The number of fused-ring (bicyclic) bond motifs is 4. The maximum atomic E-state index is 13.9. The van der Waals surface area contributed by atoms with Crippen molar-refractivity contribution in [2.75, 3.05) is 11.9 Å². The van der Waals surface area contributed by atoms with Crippen LogP contribution in [0.25, 0.3) is 11.1 Å². The Morgan fingerprint density at radius 2 is 1.56 bits per heavy atom. The highest BCUT2D eigenvalue weighted by molar-refractivity contribution is 6.31. The minimum atomic E-state index is -0.833. The zero-order valence-electron chi connectivity index (χ0n) is 25.4. The minimum absolute atomic E-state index is 0.0974. The molecule has 45 heavy (non-hydrogen) atoms. The molecule has 0 saturated carbocycles. The predicted octanol–water partition coefficient (Wildman–Crippen LogP) is 7.25. The van der Waals surface area contributed by atoms with Gasteiger partial charge in [-0.15, -0.1) is 0 Å². The minimum Gasteiger partial charge on any atom is -0.448 e. The summed E-state index contributed by atoms with van der Waals surface area (Å²) >= 11 is 6.15. The van der Waals surface area contributed by atoms with Gasteiger partial charge in [0.15, 0.2) is 0 Å². The summed E-state index contributed by atoms with van der Waals surface area (Å²) in [6, 6.07) is 27.8. The Labute approximate surface area is 268 Å². The molecule has 7 nitrogen and oxygen atoms in total. The average Bonchev–Trinajstić information content (AvgIpc) is 3.38. The van der Waals surface area contributed by atoms with Crippen LogP contribution in [0.2, 0.25) is 5.02 Å². The Balaban J connectivity index is 1.20. The highest BCUT2D eigenvalue weighted by atomic mass is 35.5. The SMILES string of the molecule is CCC[C@H](NC(=O)[C@@H]1Cc2ccccc2CN1C(=O)OCC1c2ccccc2-c2ccccc21)C(=O)Nc1ccc(Cl)c(C)c1. The first-order valence-corrected chi connectivity index (χ1v) is 15.8. The Morgan fingerprint density at radius 1 is 0.911 bits per heavy atom. The lowest BCUT2D eigenvalue weighted by atomic mass is 9.93. The lowest BCUT2D eigenvalue weighted by Crippen LogP contribution is -2.56. The van der Waals surface area contributed by atoms with Gasteiger partial charge in [-0.3, -0.25) is 14.5 Å². The van der Waals surface area contributed by atoms with Gasteiger partial charge in [0, 0.05) is 23.0 Å². The first-order valence-electron chi connectivity index (χ1n) is 15.4. The number of nitrogens with one attached hydrogen (secondary N) is 2. The van der Waals surface area contributed by atoms with Gasteiger partial charge in [-0.25, -0.2) is 4.79 Å². The van der Waals surface area contributed by atoms with E-state index in [0.717, 1.165) is 38.9 Å². The lowest BCUT2D eigenvalue weighted by molar-refractivity contribution is -0.130. The number of benzene rings is 4. The third kappa shape index (κ3) is 6.31. The van der Waals surface area contributed by atoms with Crippen molar-refractivity contribution in [3.63, 3.8) is 0 Å². The molecule has 4 aromatic carbocycles. The molecule has 6 rings (SSSR count). The van der Waals surface area contributed by atoms with Crippen molar-refractivity contribution < 1.29 is 19.1 Å². The molecule has 0 spiro atoms. The predicted molar refractivity (Wildman–Crippen MR) is 176 cm³/mol. The molecular weight excluding hydrogens is 586 g/mol. The van der Waals surface area contributed by atoms with Crippen LogP contribution in [0.4, 0.5) is 10.5 Å². The Morgan fingerprint density at radius 3 is 2.22 bits per heavy atom. The van der Waals surface area contributed by atoms with E-state index >= 15 is 0 Å². The van der Waals surface area contributed by atoms with E-state index in [0.29, 0.717) is 30.0 Å². The molecule has 0 bridgehead atoms. The van der Waals surface area contributed by atoms with Crippen molar-refractivity contribution in [2.45, 2.75) is 57.7 Å². The highest BCUT2D eigenvalue weighted by Crippen LogP contribution is 2.44. The molecule has 1 aliphatic carbocycles. The highest BCUT2D eigenvalue weighted by Gasteiger charge is 2.38. The van der Waals surface area contributed by atoms with Crippen molar-refractivity contribution in [3.8, 4) is 11.1 Å². The summed E-state index contributed by atoms with van der Waals surface area (Å²) in [4.78, 5) is 42.5. The number of anilines is 1. The number of ether oxygens (including phenoxy) is 1. The fourth-order valence-corrected chi connectivity index (χ4v) is 6.52. The number of carbonyl (C=O) groups is 3. The molecule has 2 N–H and O–H groups in total. The Bertz CT molecular complexity index is 1710. The monoisotopic (exact) mass is 621 g/mol. The largest absolute Gasteiger partial charge is 0.448 e. The van der Waals surface area contributed by atoms with Crippen LogP contribution in [-0.4, -0.2) is 41.5 Å². The van der Waals surface area contributed by atoms with Gasteiger partial charge in [0.05, 0.1) is 6.54 Å². The van der Waals surface area contributed by atoms with Crippen molar-refractivity contribution in [3.05, 3.63) is 124 Å². The van der Waals surface area contributed by atoms with Crippen molar-refractivity contribution in [1.29, 1.82) is 0 Å². The normalized spacial score (nSPS) is 15.8. The summed E-state index contributed by atoms with van der Waals surface area (Å²) in [5.74, 6) is -0.811. The molecule has 2 atom stereocenters. The van der Waals surface area contributed by atoms with Crippen molar-refractivity contribution >= 4 is 35.2 Å². The molecule has 3 amide bonds.